The molecule has 0 radical (unpaired) electrons. The zero-order valence-electron chi connectivity index (χ0n) is 18.3. The Labute approximate surface area is 201 Å². The average molecular weight is 480 g/mol. The highest BCUT2D eigenvalue weighted by molar-refractivity contribution is 7.80. The van der Waals surface area contributed by atoms with Crippen LogP contribution in [0.5, 0.6) is 5.75 Å². The first-order valence-electron chi connectivity index (χ1n) is 10.3. The van der Waals surface area contributed by atoms with Crippen LogP contribution in [0.25, 0.3) is 22.6 Å². The standard InChI is InChI=1S/C25H22ClN3O3S/c1-14(2)15-4-6-16(7-5-15)24-28-20-13-18(9-11-22(20)32-24)27-25(33)29-23(30)17-8-10-21(31-3)19(26)12-17/h4-14H,1-3H3,(H2,27,29,30,33). The summed E-state index contributed by atoms with van der Waals surface area (Å²) < 4.78 is 11.0. The predicted molar refractivity (Wildman–Crippen MR) is 135 cm³/mol. The minimum absolute atomic E-state index is 0.152. The Kier molecular flexibility index (Phi) is 6.62. The van der Waals surface area contributed by atoms with Crippen LogP contribution in [-0.2, 0) is 0 Å². The smallest absolute Gasteiger partial charge is 0.257 e. The van der Waals surface area contributed by atoms with Gasteiger partial charge in [0.25, 0.3) is 5.91 Å². The van der Waals surface area contributed by atoms with E-state index in [0.717, 1.165) is 5.56 Å². The molecule has 1 aromatic heterocycles. The molecule has 4 aromatic rings. The molecule has 4 rings (SSSR count). The SMILES string of the molecule is COc1ccc(C(=O)NC(=S)Nc2ccc3oc(-c4ccc(C(C)C)cc4)nc3c2)cc1Cl. The van der Waals surface area contributed by atoms with Gasteiger partial charge in [-0.2, -0.15) is 0 Å². The van der Waals surface area contributed by atoms with Crippen molar-refractivity contribution in [2.45, 2.75) is 19.8 Å². The number of fused-ring (bicyclic) bond motifs is 1. The van der Waals surface area contributed by atoms with Gasteiger partial charge in [-0.05, 0) is 72.2 Å². The Bertz CT molecular complexity index is 1330. The number of nitrogens with one attached hydrogen (secondary N) is 2. The minimum Gasteiger partial charge on any atom is -0.495 e. The van der Waals surface area contributed by atoms with Crippen LogP contribution in [0.4, 0.5) is 5.69 Å². The molecular formula is C25H22ClN3O3S. The molecule has 1 heterocycles. The van der Waals surface area contributed by atoms with Crippen molar-refractivity contribution < 1.29 is 13.9 Å². The number of rotatable bonds is 5. The average Bonchev–Trinajstić information content (AvgIpc) is 3.22. The van der Waals surface area contributed by atoms with E-state index in [1.54, 1.807) is 12.1 Å². The number of hydrogen-bond donors (Lipinski definition) is 2. The molecule has 0 spiro atoms. The highest BCUT2D eigenvalue weighted by Gasteiger charge is 2.13. The lowest BCUT2D eigenvalue weighted by molar-refractivity contribution is 0.0977. The third-order valence-corrected chi connectivity index (χ3v) is 5.61. The second-order valence-corrected chi connectivity index (χ2v) is 8.55. The maximum absolute atomic E-state index is 12.5. The summed E-state index contributed by atoms with van der Waals surface area (Å²) in [5, 5.41) is 6.14. The van der Waals surface area contributed by atoms with Crippen molar-refractivity contribution in [3.8, 4) is 17.2 Å². The van der Waals surface area contributed by atoms with Gasteiger partial charge in [0.05, 0.1) is 12.1 Å². The van der Waals surface area contributed by atoms with Crippen molar-refractivity contribution in [3.05, 3.63) is 76.8 Å². The molecule has 0 unspecified atom stereocenters. The molecule has 1 amide bonds. The summed E-state index contributed by atoms with van der Waals surface area (Å²) in [7, 11) is 1.51. The fourth-order valence-corrected chi connectivity index (χ4v) is 3.75. The highest BCUT2D eigenvalue weighted by Crippen LogP contribution is 2.28. The number of amides is 1. The topological polar surface area (TPSA) is 76.4 Å². The van der Waals surface area contributed by atoms with Crippen LogP contribution >= 0.6 is 23.8 Å². The molecule has 0 aliphatic carbocycles. The Morgan fingerprint density at radius 1 is 1.09 bits per heavy atom. The highest BCUT2D eigenvalue weighted by atomic mass is 35.5. The number of carbonyl (C=O) groups is 1. The summed E-state index contributed by atoms with van der Waals surface area (Å²) in [5.41, 5.74) is 4.55. The number of nitrogens with zero attached hydrogens (tertiary/aromatic N) is 1. The van der Waals surface area contributed by atoms with Crippen LogP contribution in [0.15, 0.2) is 65.1 Å². The first-order valence-corrected chi connectivity index (χ1v) is 11.1. The van der Waals surface area contributed by atoms with Crippen molar-refractivity contribution in [1.82, 2.24) is 10.3 Å². The van der Waals surface area contributed by atoms with E-state index in [1.165, 1.54) is 18.7 Å². The van der Waals surface area contributed by atoms with Gasteiger partial charge in [-0.25, -0.2) is 4.98 Å². The summed E-state index contributed by atoms with van der Waals surface area (Å²) in [4.78, 5) is 17.1. The zero-order chi connectivity index (χ0) is 23.5. The number of halogens is 1. The van der Waals surface area contributed by atoms with Gasteiger partial charge in [-0.15, -0.1) is 0 Å². The zero-order valence-corrected chi connectivity index (χ0v) is 19.9. The lowest BCUT2D eigenvalue weighted by Gasteiger charge is -2.10. The van der Waals surface area contributed by atoms with E-state index in [4.69, 9.17) is 33.0 Å². The summed E-state index contributed by atoms with van der Waals surface area (Å²) in [5.74, 6) is 1.11. The molecule has 0 atom stereocenters. The van der Waals surface area contributed by atoms with E-state index in [-0.39, 0.29) is 11.0 Å². The first kappa shape index (κ1) is 22.8. The van der Waals surface area contributed by atoms with Crippen molar-refractivity contribution in [2.24, 2.45) is 0 Å². The van der Waals surface area contributed by atoms with E-state index >= 15 is 0 Å². The van der Waals surface area contributed by atoms with Crippen molar-refractivity contribution in [1.29, 1.82) is 0 Å². The Morgan fingerprint density at radius 2 is 1.85 bits per heavy atom. The van der Waals surface area contributed by atoms with Gasteiger partial charge in [0.2, 0.25) is 5.89 Å². The number of benzene rings is 3. The van der Waals surface area contributed by atoms with E-state index in [0.29, 0.717) is 44.9 Å². The van der Waals surface area contributed by atoms with E-state index < -0.39 is 0 Å². The summed E-state index contributed by atoms with van der Waals surface area (Å²) in [6.07, 6.45) is 0. The van der Waals surface area contributed by atoms with Crippen LogP contribution in [0.3, 0.4) is 0 Å². The van der Waals surface area contributed by atoms with Crippen LogP contribution in [0.1, 0.15) is 35.7 Å². The third kappa shape index (κ3) is 5.16. The molecule has 0 saturated carbocycles. The Morgan fingerprint density at radius 3 is 2.52 bits per heavy atom. The molecule has 0 fully saturated rings. The van der Waals surface area contributed by atoms with Gasteiger partial charge >= 0.3 is 0 Å². The maximum Gasteiger partial charge on any atom is 0.257 e. The second-order valence-electron chi connectivity index (χ2n) is 7.74. The van der Waals surface area contributed by atoms with E-state index in [1.807, 2.05) is 30.3 Å². The predicted octanol–water partition coefficient (Wildman–Crippen LogP) is 6.41. The number of ether oxygens (including phenoxy) is 1. The minimum atomic E-state index is -0.383. The molecule has 0 aliphatic rings. The molecule has 2 N–H and O–H groups in total. The van der Waals surface area contributed by atoms with E-state index in [2.05, 4.69) is 41.6 Å². The van der Waals surface area contributed by atoms with Crippen LogP contribution < -0.4 is 15.4 Å². The number of oxazole rings is 1. The molecule has 6 nitrogen and oxygen atoms in total. The largest absolute Gasteiger partial charge is 0.495 e. The summed E-state index contributed by atoms with van der Waals surface area (Å²) in [6.45, 7) is 4.31. The number of anilines is 1. The number of aromatic nitrogens is 1. The molecule has 8 heteroatoms. The van der Waals surface area contributed by atoms with E-state index in [9.17, 15) is 4.79 Å². The first-order chi connectivity index (χ1) is 15.8. The van der Waals surface area contributed by atoms with Crippen LogP contribution in [0, 0.1) is 0 Å². The quantitative estimate of drug-likeness (QED) is 0.322. The van der Waals surface area contributed by atoms with Crippen LogP contribution in [-0.4, -0.2) is 23.1 Å². The van der Waals surface area contributed by atoms with Gasteiger partial charge in [0.1, 0.15) is 11.3 Å². The number of hydrogen-bond acceptors (Lipinski definition) is 5. The molecule has 0 aliphatic heterocycles. The fraction of sp³-hybridized carbons (Fsp3) is 0.160. The number of methoxy groups -OCH3 is 1. The van der Waals surface area contributed by atoms with Crippen molar-refractivity contribution in [2.75, 3.05) is 12.4 Å². The van der Waals surface area contributed by atoms with Crippen LogP contribution in [0.2, 0.25) is 5.02 Å². The van der Waals surface area contributed by atoms with Crippen molar-refractivity contribution >= 4 is 51.6 Å². The van der Waals surface area contributed by atoms with Gasteiger partial charge in [0, 0.05) is 16.8 Å². The maximum atomic E-state index is 12.5. The number of thiocarbonyl (C=S) groups is 1. The molecular weight excluding hydrogens is 458 g/mol. The summed E-state index contributed by atoms with van der Waals surface area (Å²) >= 11 is 11.4. The Balaban J connectivity index is 1.45. The lowest BCUT2D eigenvalue weighted by atomic mass is 10.0. The van der Waals surface area contributed by atoms with Crippen molar-refractivity contribution in [3.63, 3.8) is 0 Å². The molecule has 33 heavy (non-hydrogen) atoms. The summed E-state index contributed by atoms with van der Waals surface area (Å²) in [6, 6.07) is 18.4. The third-order valence-electron chi connectivity index (χ3n) is 5.11. The van der Waals surface area contributed by atoms with Gasteiger partial charge in [-0.3, -0.25) is 10.1 Å². The molecule has 0 bridgehead atoms. The van der Waals surface area contributed by atoms with Gasteiger partial charge in [-0.1, -0.05) is 37.6 Å². The van der Waals surface area contributed by atoms with Gasteiger partial charge < -0.3 is 14.5 Å². The normalized spacial score (nSPS) is 10.9. The monoisotopic (exact) mass is 479 g/mol. The Hall–Kier alpha value is -3.42. The molecule has 3 aromatic carbocycles. The second kappa shape index (κ2) is 9.60. The molecule has 168 valence electrons. The number of carbonyl (C=O) groups excluding carboxylic acids is 1. The molecule has 0 saturated heterocycles. The fourth-order valence-electron chi connectivity index (χ4n) is 3.28. The van der Waals surface area contributed by atoms with Gasteiger partial charge in [0.15, 0.2) is 10.7 Å². The lowest BCUT2D eigenvalue weighted by Crippen LogP contribution is -2.34.